The number of benzene rings is 2. The molecule has 2 aromatic carbocycles. The molecule has 0 saturated carbocycles. The van der Waals surface area contributed by atoms with Crippen molar-refractivity contribution in [2.45, 2.75) is 52.3 Å². The molecular weight excluding hydrogens is 997 g/mol. The van der Waals surface area contributed by atoms with Gasteiger partial charge in [-0.2, -0.15) is 0 Å². The first-order chi connectivity index (χ1) is 37.1. The molecular formula is C53H80N4O19. The third-order valence-corrected chi connectivity index (χ3v) is 10.9. The summed E-state index contributed by atoms with van der Waals surface area (Å²) in [7, 11) is 1.63. The van der Waals surface area contributed by atoms with E-state index in [0.29, 0.717) is 169 Å². The number of methoxy groups -OCH3 is 1. The molecule has 23 nitrogen and oxygen atoms in total. The van der Waals surface area contributed by atoms with E-state index >= 15 is 0 Å². The number of rotatable bonds is 48. The van der Waals surface area contributed by atoms with Crippen molar-refractivity contribution >= 4 is 41.7 Å². The molecule has 1 heterocycles. The first-order valence-electron chi connectivity index (χ1n) is 25.7. The number of nitrogens with one attached hydrogen (secondary N) is 3. The Labute approximate surface area is 446 Å². The fourth-order valence-corrected chi connectivity index (χ4v) is 6.97. The molecule has 0 saturated heterocycles. The third-order valence-electron chi connectivity index (χ3n) is 10.9. The molecule has 0 radical (unpaired) electrons. The van der Waals surface area contributed by atoms with Crippen LogP contribution in [0, 0.1) is 5.92 Å². The summed E-state index contributed by atoms with van der Waals surface area (Å²) in [6.07, 6.45) is 2.76. The second kappa shape index (κ2) is 41.7. The van der Waals surface area contributed by atoms with Crippen molar-refractivity contribution in [2.24, 2.45) is 5.92 Å². The predicted octanol–water partition coefficient (Wildman–Crippen LogP) is 1.85. The number of ether oxygens (including phenoxy) is 13. The number of hydrogen-bond donors (Lipinski definition) is 3. The zero-order valence-corrected chi connectivity index (χ0v) is 44.6. The van der Waals surface area contributed by atoms with Gasteiger partial charge in [0.05, 0.1) is 145 Å². The lowest BCUT2D eigenvalue weighted by Gasteiger charge is -2.29. The van der Waals surface area contributed by atoms with Crippen LogP contribution in [0.4, 0.5) is 5.69 Å². The van der Waals surface area contributed by atoms with Gasteiger partial charge >= 0.3 is 0 Å². The monoisotopic (exact) mass is 1080 g/mol. The van der Waals surface area contributed by atoms with Gasteiger partial charge in [-0.1, -0.05) is 39.0 Å². The highest BCUT2D eigenvalue weighted by Gasteiger charge is 2.38. The largest absolute Gasteiger partial charge is 0.491 e. The van der Waals surface area contributed by atoms with Gasteiger partial charge in [0.15, 0.2) is 0 Å². The van der Waals surface area contributed by atoms with E-state index in [4.69, 9.17) is 61.6 Å². The molecule has 1 aliphatic rings. The molecule has 0 aliphatic carbocycles. The number of carbonyl (C=O) groups is 6. The molecule has 23 heteroatoms. The molecule has 0 bridgehead atoms. The topological polar surface area (TPSA) is 262 Å². The highest BCUT2D eigenvalue weighted by molar-refractivity contribution is 6.15. The molecule has 2 aromatic rings. The van der Waals surface area contributed by atoms with E-state index in [9.17, 15) is 28.8 Å². The Hall–Kier alpha value is -5.44. The average Bonchev–Trinajstić information content (AvgIpc) is 3.75. The second-order valence-electron chi connectivity index (χ2n) is 16.9. The van der Waals surface area contributed by atoms with E-state index in [-0.39, 0.29) is 19.6 Å². The van der Waals surface area contributed by atoms with E-state index in [1.807, 2.05) is 6.92 Å². The number of imide groups is 1. The van der Waals surface area contributed by atoms with Gasteiger partial charge in [-0.3, -0.25) is 33.7 Å². The maximum Gasteiger partial charge on any atom is 0.293 e. The summed E-state index contributed by atoms with van der Waals surface area (Å²) in [5.74, 6) is -3.07. The highest BCUT2D eigenvalue weighted by atomic mass is 16.6. The lowest BCUT2D eigenvalue weighted by molar-refractivity contribution is -0.146. The summed E-state index contributed by atoms with van der Waals surface area (Å²) >= 11 is 0. The molecule has 426 valence electrons. The maximum atomic E-state index is 13.9. The lowest BCUT2D eigenvalue weighted by Crippen LogP contribution is -2.57. The molecule has 76 heavy (non-hydrogen) atoms. The molecule has 5 amide bonds. The summed E-state index contributed by atoms with van der Waals surface area (Å²) in [6.45, 7) is 15.4. The SMILES string of the molecule is CCc1cc(NC(=O)CNC(=O)C(NC(=O)C(Cc2ccc(OCCOCCOCCOCCOCCOCCOCCOCCOCCOCCOCCOC)cc2)N2C(=O)C=CC2=O)C(C)C)ccc1COC=O. The third kappa shape index (κ3) is 28.6. The van der Waals surface area contributed by atoms with Crippen LogP contribution in [0.2, 0.25) is 0 Å². The van der Waals surface area contributed by atoms with Crippen LogP contribution in [0.1, 0.15) is 37.5 Å². The summed E-state index contributed by atoms with van der Waals surface area (Å²) < 4.78 is 70.4. The van der Waals surface area contributed by atoms with Gasteiger partial charge in [-0.05, 0) is 53.3 Å². The summed E-state index contributed by atoms with van der Waals surface area (Å²) in [4.78, 5) is 77.1. The zero-order valence-electron chi connectivity index (χ0n) is 44.6. The Balaban J connectivity index is 1.20. The summed E-state index contributed by atoms with van der Waals surface area (Å²) in [5.41, 5.74) is 2.79. The molecule has 0 spiro atoms. The van der Waals surface area contributed by atoms with Gasteiger partial charge in [0.25, 0.3) is 18.3 Å². The molecule has 0 fully saturated rings. The fourth-order valence-electron chi connectivity index (χ4n) is 6.97. The van der Waals surface area contributed by atoms with Gasteiger partial charge < -0.3 is 77.5 Å². The maximum absolute atomic E-state index is 13.9. The van der Waals surface area contributed by atoms with Crippen molar-refractivity contribution in [1.82, 2.24) is 15.5 Å². The van der Waals surface area contributed by atoms with Gasteiger partial charge in [0.2, 0.25) is 17.7 Å². The van der Waals surface area contributed by atoms with Crippen molar-refractivity contribution in [3.63, 3.8) is 0 Å². The highest BCUT2D eigenvalue weighted by Crippen LogP contribution is 2.20. The molecule has 2 unspecified atom stereocenters. The average molecular weight is 1080 g/mol. The van der Waals surface area contributed by atoms with Gasteiger partial charge in [0.1, 0.15) is 31.0 Å². The lowest BCUT2D eigenvalue weighted by atomic mass is 10.00. The van der Waals surface area contributed by atoms with Gasteiger partial charge in [0, 0.05) is 31.4 Å². The minimum Gasteiger partial charge on any atom is -0.491 e. The van der Waals surface area contributed by atoms with Crippen LogP contribution in [-0.2, 0) is 105 Å². The Bertz CT molecular complexity index is 1960. The van der Waals surface area contributed by atoms with Crippen molar-refractivity contribution in [2.75, 3.05) is 164 Å². The first kappa shape index (κ1) is 64.8. The van der Waals surface area contributed by atoms with E-state index in [1.54, 1.807) is 63.4 Å². The van der Waals surface area contributed by atoms with E-state index < -0.39 is 54.1 Å². The van der Waals surface area contributed by atoms with Crippen molar-refractivity contribution in [3.8, 4) is 5.75 Å². The van der Waals surface area contributed by atoms with Crippen LogP contribution in [0.25, 0.3) is 0 Å². The standard InChI is InChI=1S/C53H80N4O19/c1-5-43-37-45(9-8-44(43)39-75-40-58)55-48(59)38-54-53(63)51(41(2)3)56-52(62)47(57-49(60)12-13-50(57)61)36-42-6-10-46(11-7-42)76-35-34-74-33-32-73-31-30-72-29-28-71-27-26-70-25-24-69-23-22-68-21-20-67-19-18-66-17-16-65-15-14-64-4/h6-13,37,40-41,47,51H,5,14-36,38-39H2,1-4H3,(H,54,63)(H,55,59)(H,56,62). The molecule has 3 rings (SSSR count). The smallest absolute Gasteiger partial charge is 0.293 e. The number of nitrogens with zero attached hydrogens (tertiary/aromatic N) is 1. The Morgan fingerprint density at radius 1 is 0.579 bits per heavy atom. The zero-order chi connectivity index (χ0) is 54.9. The van der Waals surface area contributed by atoms with Crippen LogP contribution in [0.5, 0.6) is 5.75 Å². The predicted molar refractivity (Wildman–Crippen MR) is 276 cm³/mol. The van der Waals surface area contributed by atoms with Crippen LogP contribution in [-0.4, -0.2) is 212 Å². The minimum atomic E-state index is -1.28. The Morgan fingerprint density at radius 2 is 1.03 bits per heavy atom. The number of hydrogen-bond acceptors (Lipinski definition) is 19. The summed E-state index contributed by atoms with van der Waals surface area (Å²) in [6, 6.07) is 9.61. The van der Waals surface area contributed by atoms with Crippen molar-refractivity contribution < 1.29 is 90.3 Å². The van der Waals surface area contributed by atoms with Crippen molar-refractivity contribution in [1.29, 1.82) is 0 Å². The van der Waals surface area contributed by atoms with Gasteiger partial charge in [-0.15, -0.1) is 0 Å². The molecule has 0 aromatic heterocycles. The quantitative estimate of drug-likeness (QED) is 0.0485. The number of carbonyl (C=O) groups excluding carboxylic acids is 6. The number of amides is 5. The van der Waals surface area contributed by atoms with Gasteiger partial charge in [-0.25, -0.2) is 0 Å². The number of aryl methyl sites for hydroxylation is 1. The molecule has 3 N–H and O–H groups in total. The minimum absolute atomic E-state index is 0.0439. The van der Waals surface area contributed by atoms with Crippen LogP contribution < -0.4 is 20.7 Å². The summed E-state index contributed by atoms with van der Waals surface area (Å²) in [5, 5.41) is 8.00. The Kier molecular flexibility index (Phi) is 35.6. The van der Waals surface area contributed by atoms with E-state index in [0.717, 1.165) is 28.2 Å². The van der Waals surface area contributed by atoms with Crippen molar-refractivity contribution in [3.05, 3.63) is 71.3 Å². The molecule has 1 aliphatic heterocycles. The van der Waals surface area contributed by atoms with Crippen LogP contribution in [0.15, 0.2) is 54.6 Å². The van der Waals surface area contributed by atoms with Crippen LogP contribution >= 0.6 is 0 Å². The van der Waals surface area contributed by atoms with E-state index in [1.165, 1.54) is 0 Å². The van der Waals surface area contributed by atoms with Crippen LogP contribution in [0.3, 0.4) is 0 Å². The second-order valence-corrected chi connectivity index (χ2v) is 16.9. The number of anilines is 1. The molecule has 2 atom stereocenters. The first-order valence-corrected chi connectivity index (χ1v) is 25.7. The van der Waals surface area contributed by atoms with E-state index in [2.05, 4.69) is 16.0 Å². The Morgan fingerprint density at radius 3 is 1.45 bits per heavy atom. The normalized spacial score (nSPS) is 13.0. The fraction of sp³-hybridized carbons (Fsp3) is 0.623.